The number of carbonyl (C=O) groups excluding carboxylic acids is 2. The molecule has 0 atom stereocenters. The maximum Gasteiger partial charge on any atom is 0.257 e. The standard InChI is InChI=1S/C24H21N5O4/c1-33-22-13-17(8-9-19(22)28-24(32)16-5-4-11-25-14-16)27-23(31)10-12-29-20-7-3-2-6-18(20)21(30)15-26-29/h2-9,11,13-15H,10,12H2,1H3,(H,27,31)(H,28,32). The Balaban J connectivity index is 1.42. The summed E-state index contributed by atoms with van der Waals surface area (Å²) < 4.78 is 7.00. The molecule has 0 aliphatic carbocycles. The first-order valence-electron chi connectivity index (χ1n) is 10.2. The number of carbonyl (C=O) groups is 2. The first kappa shape index (κ1) is 21.7. The van der Waals surface area contributed by atoms with Crippen LogP contribution in [0.25, 0.3) is 10.9 Å². The van der Waals surface area contributed by atoms with Crippen molar-refractivity contribution >= 4 is 34.1 Å². The van der Waals surface area contributed by atoms with E-state index in [1.807, 2.05) is 6.07 Å². The van der Waals surface area contributed by atoms with Crippen LogP contribution in [-0.2, 0) is 11.3 Å². The molecule has 4 rings (SSSR count). The van der Waals surface area contributed by atoms with Gasteiger partial charge in [-0.2, -0.15) is 5.10 Å². The number of rotatable bonds is 7. The number of anilines is 2. The van der Waals surface area contributed by atoms with Gasteiger partial charge in [0, 0.05) is 36.0 Å². The van der Waals surface area contributed by atoms with Gasteiger partial charge in [0.1, 0.15) is 5.75 Å². The van der Waals surface area contributed by atoms with E-state index in [9.17, 15) is 14.4 Å². The fourth-order valence-electron chi connectivity index (χ4n) is 3.33. The molecular weight excluding hydrogens is 422 g/mol. The van der Waals surface area contributed by atoms with Gasteiger partial charge in [-0.3, -0.25) is 24.0 Å². The average Bonchev–Trinajstić information content (AvgIpc) is 2.85. The third-order valence-corrected chi connectivity index (χ3v) is 4.97. The van der Waals surface area contributed by atoms with Crippen molar-refractivity contribution in [1.82, 2.24) is 14.8 Å². The van der Waals surface area contributed by atoms with E-state index < -0.39 is 0 Å². The molecule has 2 heterocycles. The van der Waals surface area contributed by atoms with Crippen LogP contribution in [0, 0.1) is 0 Å². The fraction of sp³-hybridized carbons (Fsp3) is 0.125. The molecule has 166 valence electrons. The van der Waals surface area contributed by atoms with Crippen LogP contribution in [0.5, 0.6) is 5.75 Å². The summed E-state index contributed by atoms with van der Waals surface area (Å²) in [5.41, 5.74) is 1.92. The summed E-state index contributed by atoms with van der Waals surface area (Å²) >= 11 is 0. The van der Waals surface area contributed by atoms with Gasteiger partial charge in [-0.15, -0.1) is 0 Å². The first-order chi connectivity index (χ1) is 16.0. The number of amides is 2. The molecule has 0 saturated carbocycles. The molecule has 2 aromatic heterocycles. The highest BCUT2D eigenvalue weighted by Crippen LogP contribution is 2.28. The van der Waals surface area contributed by atoms with Crippen LogP contribution in [0.15, 0.2) is 78.0 Å². The normalized spacial score (nSPS) is 10.6. The molecule has 33 heavy (non-hydrogen) atoms. The average molecular weight is 443 g/mol. The number of pyridine rings is 1. The quantitative estimate of drug-likeness (QED) is 0.454. The Morgan fingerprint density at radius 1 is 1.03 bits per heavy atom. The maximum atomic E-state index is 12.5. The van der Waals surface area contributed by atoms with E-state index in [0.29, 0.717) is 40.1 Å². The van der Waals surface area contributed by atoms with Crippen molar-refractivity contribution in [2.45, 2.75) is 13.0 Å². The number of nitrogens with zero attached hydrogens (tertiary/aromatic N) is 3. The number of hydrogen-bond donors (Lipinski definition) is 2. The van der Waals surface area contributed by atoms with Crippen LogP contribution < -0.4 is 20.8 Å². The van der Waals surface area contributed by atoms with E-state index in [-0.39, 0.29) is 23.7 Å². The summed E-state index contributed by atoms with van der Waals surface area (Å²) in [5, 5.41) is 10.3. The second kappa shape index (κ2) is 9.73. The minimum atomic E-state index is -0.320. The van der Waals surface area contributed by atoms with Crippen molar-refractivity contribution in [3.05, 3.63) is 89.0 Å². The molecule has 2 aromatic carbocycles. The van der Waals surface area contributed by atoms with Crippen molar-refractivity contribution in [3.63, 3.8) is 0 Å². The van der Waals surface area contributed by atoms with E-state index >= 15 is 0 Å². The summed E-state index contributed by atoms with van der Waals surface area (Å²) in [6.07, 6.45) is 4.47. The molecule has 4 aromatic rings. The lowest BCUT2D eigenvalue weighted by Crippen LogP contribution is -2.18. The lowest BCUT2D eigenvalue weighted by molar-refractivity contribution is -0.116. The van der Waals surface area contributed by atoms with Gasteiger partial charge in [0.2, 0.25) is 11.3 Å². The zero-order valence-corrected chi connectivity index (χ0v) is 17.8. The maximum absolute atomic E-state index is 12.5. The number of methoxy groups -OCH3 is 1. The predicted octanol–water partition coefficient (Wildman–Crippen LogP) is 3.08. The van der Waals surface area contributed by atoms with Crippen molar-refractivity contribution < 1.29 is 14.3 Å². The van der Waals surface area contributed by atoms with Crippen LogP contribution in [-0.4, -0.2) is 33.7 Å². The second-order valence-electron chi connectivity index (χ2n) is 7.16. The summed E-state index contributed by atoms with van der Waals surface area (Å²) in [4.78, 5) is 40.8. The smallest absolute Gasteiger partial charge is 0.257 e. The predicted molar refractivity (Wildman–Crippen MR) is 124 cm³/mol. The number of ether oxygens (including phenoxy) is 1. The summed E-state index contributed by atoms with van der Waals surface area (Å²) in [6.45, 7) is 0.309. The molecule has 0 radical (unpaired) electrons. The van der Waals surface area contributed by atoms with Crippen molar-refractivity contribution in [3.8, 4) is 5.75 Å². The van der Waals surface area contributed by atoms with E-state index in [4.69, 9.17) is 4.74 Å². The van der Waals surface area contributed by atoms with E-state index in [1.165, 1.54) is 19.5 Å². The lowest BCUT2D eigenvalue weighted by Gasteiger charge is -2.13. The summed E-state index contributed by atoms with van der Waals surface area (Å²) in [6, 6.07) is 15.4. The second-order valence-corrected chi connectivity index (χ2v) is 7.16. The largest absolute Gasteiger partial charge is 0.494 e. The molecule has 2 amide bonds. The molecular formula is C24H21N5O4. The highest BCUT2D eigenvalue weighted by atomic mass is 16.5. The number of hydrogen-bond acceptors (Lipinski definition) is 6. The molecule has 9 heteroatoms. The lowest BCUT2D eigenvalue weighted by atomic mass is 10.2. The zero-order chi connectivity index (χ0) is 23.2. The minimum Gasteiger partial charge on any atom is -0.494 e. The number of aryl methyl sites for hydroxylation is 1. The number of nitrogens with one attached hydrogen (secondary N) is 2. The van der Waals surface area contributed by atoms with E-state index in [0.717, 1.165) is 0 Å². The van der Waals surface area contributed by atoms with Crippen molar-refractivity contribution in [2.24, 2.45) is 0 Å². The molecule has 0 spiro atoms. The van der Waals surface area contributed by atoms with Gasteiger partial charge >= 0.3 is 0 Å². The molecule has 0 unspecified atom stereocenters. The first-order valence-corrected chi connectivity index (χ1v) is 10.2. The minimum absolute atomic E-state index is 0.154. The fourth-order valence-corrected chi connectivity index (χ4v) is 3.33. The molecule has 0 bridgehead atoms. The molecule has 0 aliphatic rings. The Morgan fingerprint density at radius 3 is 2.67 bits per heavy atom. The Morgan fingerprint density at radius 2 is 1.88 bits per heavy atom. The third kappa shape index (κ3) is 5.04. The monoisotopic (exact) mass is 443 g/mol. The van der Waals surface area contributed by atoms with Gasteiger partial charge in [-0.05, 0) is 36.4 Å². The van der Waals surface area contributed by atoms with Gasteiger partial charge in [0.15, 0.2) is 0 Å². The summed E-state index contributed by atoms with van der Waals surface area (Å²) in [5.74, 6) is -0.147. The number of fused-ring (bicyclic) bond motifs is 1. The molecule has 0 saturated heterocycles. The molecule has 0 aliphatic heterocycles. The van der Waals surface area contributed by atoms with Gasteiger partial charge in [0.05, 0.1) is 36.6 Å². The summed E-state index contributed by atoms with van der Waals surface area (Å²) in [7, 11) is 1.48. The van der Waals surface area contributed by atoms with E-state index in [1.54, 1.807) is 59.4 Å². The zero-order valence-electron chi connectivity index (χ0n) is 17.8. The van der Waals surface area contributed by atoms with Crippen LogP contribution in [0.4, 0.5) is 11.4 Å². The molecule has 9 nitrogen and oxygen atoms in total. The Kier molecular flexibility index (Phi) is 6.40. The van der Waals surface area contributed by atoms with Crippen molar-refractivity contribution in [2.75, 3.05) is 17.7 Å². The SMILES string of the molecule is COc1cc(NC(=O)CCn2ncc(=O)c3ccccc32)ccc1NC(=O)c1cccnc1. The highest BCUT2D eigenvalue weighted by molar-refractivity contribution is 6.05. The van der Waals surface area contributed by atoms with Gasteiger partial charge in [-0.1, -0.05) is 12.1 Å². The number of benzene rings is 2. The topological polar surface area (TPSA) is 115 Å². The highest BCUT2D eigenvalue weighted by Gasteiger charge is 2.12. The van der Waals surface area contributed by atoms with Gasteiger partial charge < -0.3 is 15.4 Å². The van der Waals surface area contributed by atoms with Gasteiger partial charge in [-0.25, -0.2) is 0 Å². The van der Waals surface area contributed by atoms with Crippen LogP contribution >= 0.6 is 0 Å². The Bertz CT molecular complexity index is 1370. The van der Waals surface area contributed by atoms with Crippen LogP contribution in [0.1, 0.15) is 16.8 Å². The Hall–Kier alpha value is -4.53. The van der Waals surface area contributed by atoms with Crippen LogP contribution in [0.2, 0.25) is 0 Å². The van der Waals surface area contributed by atoms with Crippen LogP contribution in [0.3, 0.4) is 0 Å². The van der Waals surface area contributed by atoms with Crippen molar-refractivity contribution in [1.29, 1.82) is 0 Å². The number of para-hydroxylation sites is 1. The Labute approximate surface area is 189 Å². The van der Waals surface area contributed by atoms with Gasteiger partial charge in [0.25, 0.3) is 5.91 Å². The third-order valence-electron chi connectivity index (χ3n) is 4.97. The molecule has 0 fully saturated rings. The van der Waals surface area contributed by atoms with E-state index in [2.05, 4.69) is 20.7 Å². The number of aromatic nitrogens is 3. The molecule has 2 N–H and O–H groups in total.